The van der Waals surface area contributed by atoms with Gasteiger partial charge in [0.05, 0.1) is 4.70 Å². The fourth-order valence-electron chi connectivity index (χ4n) is 4.31. The number of aromatic nitrogens is 1. The van der Waals surface area contributed by atoms with Gasteiger partial charge >= 0.3 is 4.87 Å². The Morgan fingerprint density at radius 2 is 1.67 bits per heavy atom. The Balaban J connectivity index is 1.66. The predicted molar refractivity (Wildman–Crippen MR) is 144 cm³/mol. The van der Waals surface area contributed by atoms with Crippen LogP contribution < -0.4 is 10.6 Å². The third-order valence-corrected chi connectivity index (χ3v) is 7.03. The Kier molecular flexibility index (Phi) is 9.64. The minimum atomic E-state index is -0.324. The molecular weight excluding hydrogens is 479 g/mol. The number of nitrogens with two attached hydrogens (primary N) is 1. The maximum atomic E-state index is 13.2. The van der Waals surface area contributed by atoms with Gasteiger partial charge in [0.2, 0.25) is 5.91 Å². The molecule has 4 N–H and O–H groups in total. The SMILES string of the molecule is CC(C)(C)CN(CCc1ccc(O)c2[nH]c(=O)sc12)CCN(CCC(N)=O)CCc1ccc(F)cc1. The van der Waals surface area contributed by atoms with E-state index >= 15 is 0 Å². The molecule has 1 amide bonds. The van der Waals surface area contributed by atoms with E-state index in [-0.39, 0.29) is 27.8 Å². The summed E-state index contributed by atoms with van der Waals surface area (Å²) in [7, 11) is 0. The average Bonchev–Trinajstić information content (AvgIpc) is 3.20. The van der Waals surface area contributed by atoms with Gasteiger partial charge in [-0.1, -0.05) is 50.3 Å². The number of amides is 1. The molecule has 0 fully saturated rings. The van der Waals surface area contributed by atoms with Crippen molar-refractivity contribution < 1.29 is 14.3 Å². The minimum absolute atomic E-state index is 0.0879. The highest BCUT2D eigenvalue weighted by Gasteiger charge is 2.19. The molecule has 3 rings (SSSR count). The summed E-state index contributed by atoms with van der Waals surface area (Å²) in [5.74, 6) is -0.486. The number of hydrogen-bond acceptors (Lipinski definition) is 6. The van der Waals surface area contributed by atoms with Crippen molar-refractivity contribution >= 4 is 27.5 Å². The third-order valence-electron chi connectivity index (χ3n) is 6.07. The molecule has 0 bridgehead atoms. The molecule has 0 saturated heterocycles. The quantitative estimate of drug-likeness (QED) is 0.321. The molecule has 1 aromatic heterocycles. The number of nitrogens with zero attached hydrogens (tertiary/aromatic N) is 2. The summed E-state index contributed by atoms with van der Waals surface area (Å²) in [6.07, 6.45) is 1.80. The highest BCUT2D eigenvalue weighted by molar-refractivity contribution is 7.16. The topological polar surface area (TPSA) is 103 Å². The molecule has 196 valence electrons. The van der Waals surface area contributed by atoms with E-state index < -0.39 is 0 Å². The van der Waals surface area contributed by atoms with Crippen molar-refractivity contribution in [2.24, 2.45) is 11.1 Å². The number of carbonyl (C=O) groups excluding carboxylic acids is 1. The molecule has 0 spiro atoms. The van der Waals surface area contributed by atoms with Crippen LogP contribution in [-0.4, -0.2) is 65.1 Å². The summed E-state index contributed by atoms with van der Waals surface area (Å²) < 4.78 is 14.0. The second kappa shape index (κ2) is 12.5. The lowest BCUT2D eigenvalue weighted by Gasteiger charge is -2.32. The first-order valence-electron chi connectivity index (χ1n) is 12.3. The molecule has 0 aliphatic rings. The number of benzene rings is 2. The number of aromatic hydroxyl groups is 1. The molecule has 0 aliphatic carbocycles. The van der Waals surface area contributed by atoms with E-state index in [4.69, 9.17) is 5.73 Å². The van der Waals surface area contributed by atoms with Crippen molar-refractivity contribution in [3.63, 3.8) is 0 Å². The van der Waals surface area contributed by atoms with Crippen LogP contribution in [0.4, 0.5) is 4.39 Å². The van der Waals surface area contributed by atoms with Gasteiger partial charge in [-0.2, -0.15) is 0 Å². The number of aromatic amines is 1. The smallest absolute Gasteiger partial charge is 0.305 e. The van der Waals surface area contributed by atoms with Gasteiger partial charge in [0, 0.05) is 45.7 Å². The van der Waals surface area contributed by atoms with Crippen LogP contribution in [0, 0.1) is 11.2 Å². The van der Waals surface area contributed by atoms with E-state index in [0.717, 1.165) is 72.7 Å². The fourth-order valence-corrected chi connectivity index (χ4v) is 5.21. The maximum Gasteiger partial charge on any atom is 0.305 e. The molecule has 0 saturated carbocycles. The van der Waals surface area contributed by atoms with Crippen LogP contribution in [0.5, 0.6) is 5.75 Å². The largest absolute Gasteiger partial charge is 0.506 e. The van der Waals surface area contributed by atoms with Crippen molar-refractivity contribution in [3.8, 4) is 5.75 Å². The average molecular weight is 517 g/mol. The number of phenols is 1. The van der Waals surface area contributed by atoms with Crippen LogP contribution in [0.25, 0.3) is 10.2 Å². The molecule has 9 heteroatoms. The lowest BCUT2D eigenvalue weighted by atomic mass is 9.95. The molecule has 36 heavy (non-hydrogen) atoms. The van der Waals surface area contributed by atoms with Crippen LogP contribution in [0.15, 0.2) is 41.2 Å². The number of carbonyl (C=O) groups is 1. The van der Waals surface area contributed by atoms with Crippen molar-refractivity contribution in [2.45, 2.75) is 40.0 Å². The highest BCUT2D eigenvalue weighted by atomic mass is 32.1. The van der Waals surface area contributed by atoms with Gasteiger partial charge in [0.15, 0.2) is 0 Å². The van der Waals surface area contributed by atoms with Gasteiger partial charge in [-0.25, -0.2) is 4.39 Å². The number of H-pyrrole nitrogens is 1. The van der Waals surface area contributed by atoms with Gasteiger partial charge < -0.3 is 25.6 Å². The Labute approximate surface area is 215 Å². The number of hydrogen-bond donors (Lipinski definition) is 3. The van der Waals surface area contributed by atoms with Gasteiger partial charge in [-0.05, 0) is 47.6 Å². The van der Waals surface area contributed by atoms with Crippen LogP contribution in [0.2, 0.25) is 0 Å². The van der Waals surface area contributed by atoms with Crippen molar-refractivity contribution in [1.29, 1.82) is 0 Å². The molecule has 0 aliphatic heterocycles. The van der Waals surface area contributed by atoms with Crippen LogP contribution in [-0.2, 0) is 17.6 Å². The molecule has 1 heterocycles. The summed E-state index contributed by atoms with van der Waals surface area (Å²) in [4.78, 5) is 30.5. The highest BCUT2D eigenvalue weighted by Crippen LogP contribution is 2.28. The Bertz CT molecular complexity index is 1200. The zero-order valence-corrected chi connectivity index (χ0v) is 22.2. The molecule has 2 aromatic carbocycles. The Morgan fingerprint density at radius 1 is 1.00 bits per heavy atom. The summed E-state index contributed by atoms with van der Waals surface area (Å²) >= 11 is 1.13. The molecular formula is C27H37FN4O3S. The molecule has 0 atom stereocenters. The number of phenolic OH excluding ortho intramolecular Hbond substituents is 1. The van der Waals surface area contributed by atoms with Gasteiger partial charge in [0.1, 0.15) is 17.1 Å². The van der Waals surface area contributed by atoms with Gasteiger partial charge in [0.25, 0.3) is 0 Å². The molecule has 0 radical (unpaired) electrons. The Morgan fingerprint density at radius 3 is 2.33 bits per heavy atom. The number of halogens is 1. The number of thiazole rings is 1. The summed E-state index contributed by atoms with van der Waals surface area (Å²) in [6, 6.07) is 10.0. The second-order valence-electron chi connectivity index (χ2n) is 10.5. The van der Waals surface area contributed by atoms with Crippen molar-refractivity contribution in [1.82, 2.24) is 14.8 Å². The Hall–Kier alpha value is -2.75. The van der Waals surface area contributed by atoms with E-state index in [9.17, 15) is 19.1 Å². The maximum absolute atomic E-state index is 13.2. The first-order valence-corrected chi connectivity index (χ1v) is 13.1. The van der Waals surface area contributed by atoms with Crippen LogP contribution in [0.3, 0.4) is 0 Å². The van der Waals surface area contributed by atoms with Gasteiger partial charge in [-0.15, -0.1) is 0 Å². The number of rotatable bonds is 13. The van der Waals surface area contributed by atoms with Gasteiger partial charge in [-0.3, -0.25) is 9.59 Å². The monoisotopic (exact) mass is 516 g/mol. The van der Waals surface area contributed by atoms with Crippen LogP contribution in [0.1, 0.15) is 38.3 Å². The lowest BCUT2D eigenvalue weighted by molar-refractivity contribution is -0.118. The molecule has 7 nitrogen and oxygen atoms in total. The lowest BCUT2D eigenvalue weighted by Crippen LogP contribution is -2.41. The fraction of sp³-hybridized carbons (Fsp3) is 0.481. The zero-order chi connectivity index (χ0) is 26.3. The van der Waals surface area contributed by atoms with E-state index in [1.165, 1.54) is 12.1 Å². The summed E-state index contributed by atoms with van der Waals surface area (Å²) in [5, 5.41) is 10.1. The number of fused-ring (bicyclic) bond motifs is 1. The first kappa shape index (κ1) is 27.8. The van der Waals surface area contributed by atoms with E-state index in [1.54, 1.807) is 18.2 Å². The molecule has 0 unspecified atom stereocenters. The predicted octanol–water partition coefficient (Wildman–Crippen LogP) is 3.75. The van der Waals surface area contributed by atoms with E-state index in [1.807, 2.05) is 6.07 Å². The normalized spacial score (nSPS) is 12.2. The first-order chi connectivity index (χ1) is 17.0. The summed E-state index contributed by atoms with van der Waals surface area (Å²) in [6.45, 7) is 11.2. The third kappa shape index (κ3) is 8.72. The van der Waals surface area contributed by atoms with E-state index in [2.05, 4.69) is 35.6 Å². The molecule has 3 aromatic rings. The minimum Gasteiger partial charge on any atom is -0.506 e. The van der Waals surface area contributed by atoms with Crippen LogP contribution >= 0.6 is 11.3 Å². The van der Waals surface area contributed by atoms with Crippen molar-refractivity contribution in [3.05, 3.63) is 63.0 Å². The van der Waals surface area contributed by atoms with E-state index in [0.29, 0.717) is 18.5 Å². The van der Waals surface area contributed by atoms with Crippen molar-refractivity contribution in [2.75, 3.05) is 39.3 Å². The zero-order valence-electron chi connectivity index (χ0n) is 21.3. The summed E-state index contributed by atoms with van der Waals surface area (Å²) in [5.41, 5.74) is 8.09. The number of nitrogens with one attached hydrogen (secondary N) is 1. The second-order valence-corrected chi connectivity index (χ2v) is 11.5. The number of primary amides is 1. The standard InChI is InChI=1S/C27H37FN4O3S/c1-27(2,3)18-32(14-11-20-6-9-22(33)24-25(20)36-26(35)30-24)17-16-31(15-12-23(29)34)13-10-19-4-7-21(28)8-5-19/h4-9,33H,10-18H2,1-3H3,(H2,29,34)(H,30,35).